The van der Waals surface area contributed by atoms with Crippen LogP contribution in [0.4, 0.5) is 0 Å². The van der Waals surface area contributed by atoms with Gasteiger partial charge in [0, 0.05) is 5.39 Å². The summed E-state index contributed by atoms with van der Waals surface area (Å²) in [5, 5.41) is 4.61. The predicted octanol–water partition coefficient (Wildman–Crippen LogP) is 4.25. The first-order valence-corrected chi connectivity index (χ1v) is 6.76. The van der Waals surface area contributed by atoms with E-state index in [0.29, 0.717) is 5.92 Å². The van der Waals surface area contributed by atoms with Gasteiger partial charge in [-0.15, -0.1) is 0 Å². The minimum atomic E-state index is 0.659. The van der Waals surface area contributed by atoms with Gasteiger partial charge in [-0.1, -0.05) is 26.0 Å². The van der Waals surface area contributed by atoms with Crippen molar-refractivity contribution in [3.8, 4) is 0 Å². The van der Waals surface area contributed by atoms with Crippen LogP contribution in [0.5, 0.6) is 0 Å². The highest BCUT2D eigenvalue weighted by atomic mass is 79.9. The molecule has 1 N–H and O–H groups in total. The molecule has 0 amide bonds. The minimum absolute atomic E-state index is 0.659. The Bertz CT molecular complexity index is 516. The zero-order valence-electron chi connectivity index (χ0n) is 10.5. The minimum Gasteiger partial charge on any atom is -0.458 e. The number of rotatable bonds is 4. The third-order valence-corrected chi connectivity index (χ3v) is 3.48. The van der Waals surface area contributed by atoms with Crippen molar-refractivity contribution in [3.05, 3.63) is 34.0 Å². The maximum absolute atomic E-state index is 5.90. The third kappa shape index (κ3) is 2.72. The first kappa shape index (κ1) is 12.7. The van der Waals surface area contributed by atoms with Gasteiger partial charge in [-0.2, -0.15) is 0 Å². The Kier molecular flexibility index (Phi) is 3.89. The molecule has 0 aliphatic rings. The van der Waals surface area contributed by atoms with Crippen molar-refractivity contribution >= 4 is 26.9 Å². The number of benzene rings is 1. The summed E-state index contributed by atoms with van der Waals surface area (Å²) in [6, 6.07) is 6.15. The molecular formula is C14H18BrNO. The molecule has 17 heavy (non-hydrogen) atoms. The van der Waals surface area contributed by atoms with Crippen molar-refractivity contribution in [1.82, 2.24) is 5.32 Å². The molecule has 92 valence electrons. The molecule has 0 saturated heterocycles. The Balaban J connectivity index is 2.23. The Morgan fingerprint density at radius 2 is 2.12 bits per heavy atom. The average Bonchev–Trinajstić information content (AvgIpc) is 2.58. The Morgan fingerprint density at radius 3 is 2.76 bits per heavy atom. The predicted molar refractivity (Wildman–Crippen MR) is 75.2 cm³/mol. The summed E-state index contributed by atoms with van der Waals surface area (Å²) >= 11 is 3.52. The quantitative estimate of drug-likeness (QED) is 0.912. The second kappa shape index (κ2) is 5.23. The van der Waals surface area contributed by atoms with Gasteiger partial charge < -0.3 is 9.73 Å². The largest absolute Gasteiger partial charge is 0.458 e. The van der Waals surface area contributed by atoms with Crippen molar-refractivity contribution < 1.29 is 4.42 Å². The summed E-state index contributed by atoms with van der Waals surface area (Å²) in [7, 11) is 0. The topological polar surface area (TPSA) is 25.2 Å². The first-order chi connectivity index (χ1) is 8.09. The highest BCUT2D eigenvalue weighted by Crippen LogP contribution is 2.30. The number of fused-ring (bicyclic) bond motifs is 1. The highest BCUT2D eigenvalue weighted by Gasteiger charge is 2.11. The molecule has 1 heterocycles. The van der Waals surface area contributed by atoms with E-state index in [4.69, 9.17) is 4.42 Å². The Labute approximate surface area is 111 Å². The normalized spacial score (nSPS) is 11.6. The summed E-state index contributed by atoms with van der Waals surface area (Å²) < 4.78 is 6.92. The smallest absolute Gasteiger partial charge is 0.148 e. The number of hydrogen-bond donors (Lipinski definition) is 1. The number of furan rings is 1. The molecule has 0 spiro atoms. The van der Waals surface area contributed by atoms with E-state index in [1.807, 2.05) is 12.1 Å². The molecule has 3 heteroatoms. The highest BCUT2D eigenvalue weighted by molar-refractivity contribution is 9.10. The van der Waals surface area contributed by atoms with E-state index in [0.717, 1.165) is 28.9 Å². The van der Waals surface area contributed by atoms with E-state index in [9.17, 15) is 0 Å². The molecule has 0 unspecified atom stereocenters. The lowest BCUT2D eigenvalue weighted by molar-refractivity contribution is 0.482. The summed E-state index contributed by atoms with van der Waals surface area (Å²) in [6.07, 6.45) is 0. The molecular weight excluding hydrogens is 278 g/mol. The molecule has 2 aromatic rings. The van der Waals surface area contributed by atoms with Crippen LogP contribution in [0.1, 0.15) is 25.2 Å². The Hall–Kier alpha value is -0.800. The van der Waals surface area contributed by atoms with Gasteiger partial charge in [-0.3, -0.25) is 0 Å². The van der Waals surface area contributed by atoms with Crippen LogP contribution >= 0.6 is 15.9 Å². The van der Waals surface area contributed by atoms with Crippen molar-refractivity contribution in [2.45, 2.75) is 27.3 Å². The van der Waals surface area contributed by atoms with Crippen LogP contribution in [0.3, 0.4) is 0 Å². The second-order valence-electron chi connectivity index (χ2n) is 4.79. The van der Waals surface area contributed by atoms with E-state index < -0.39 is 0 Å². The van der Waals surface area contributed by atoms with E-state index in [2.05, 4.69) is 48.1 Å². The van der Waals surface area contributed by atoms with E-state index in [1.165, 1.54) is 10.9 Å². The van der Waals surface area contributed by atoms with Crippen LogP contribution in [0.25, 0.3) is 11.0 Å². The molecule has 0 aliphatic carbocycles. The monoisotopic (exact) mass is 295 g/mol. The van der Waals surface area contributed by atoms with Crippen molar-refractivity contribution in [2.75, 3.05) is 6.54 Å². The second-order valence-corrected chi connectivity index (χ2v) is 5.65. The molecule has 0 saturated carbocycles. The van der Waals surface area contributed by atoms with Gasteiger partial charge in [0.2, 0.25) is 0 Å². The maximum atomic E-state index is 5.90. The molecule has 2 nitrogen and oxygen atoms in total. The van der Waals surface area contributed by atoms with E-state index >= 15 is 0 Å². The number of nitrogens with one attached hydrogen (secondary N) is 1. The Morgan fingerprint density at radius 1 is 1.35 bits per heavy atom. The van der Waals surface area contributed by atoms with Gasteiger partial charge in [0.1, 0.15) is 11.3 Å². The zero-order valence-corrected chi connectivity index (χ0v) is 12.1. The van der Waals surface area contributed by atoms with Crippen LogP contribution in [-0.2, 0) is 6.54 Å². The molecule has 0 aliphatic heterocycles. The SMILES string of the molecule is Cc1c(CNCC(C)C)oc2c(Br)cccc12. The van der Waals surface area contributed by atoms with Gasteiger partial charge in [0.15, 0.2) is 0 Å². The molecule has 0 atom stereocenters. The van der Waals surface area contributed by atoms with Gasteiger partial charge in [-0.05, 0) is 46.9 Å². The van der Waals surface area contributed by atoms with Crippen LogP contribution in [-0.4, -0.2) is 6.54 Å². The van der Waals surface area contributed by atoms with Gasteiger partial charge in [0.25, 0.3) is 0 Å². The molecule has 0 bridgehead atoms. The van der Waals surface area contributed by atoms with Gasteiger partial charge >= 0.3 is 0 Å². The average molecular weight is 296 g/mol. The lowest BCUT2D eigenvalue weighted by atomic mass is 10.1. The van der Waals surface area contributed by atoms with Gasteiger partial charge in [0.05, 0.1) is 11.0 Å². The molecule has 2 rings (SSSR count). The fourth-order valence-corrected chi connectivity index (χ4v) is 2.35. The van der Waals surface area contributed by atoms with Crippen molar-refractivity contribution in [2.24, 2.45) is 5.92 Å². The van der Waals surface area contributed by atoms with E-state index in [-0.39, 0.29) is 0 Å². The number of hydrogen-bond acceptors (Lipinski definition) is 2. The number of aryl methyl sites for hydroxylation is 1. The number of para-hydroxylation sites is 1. The lowest BCUT2D eigenvalue weighted by Gasteiger charge is -2.05. The van der Waals surface area contributed by atoms with Crippen molar-refractivity contribution in [3.63, 3.8) is 0 Å². The fraction of sp³-hybridized carbons (Fsp3) is 0.429. The van der Waals surface area contributed by atoms with Gasteiger partial charge in [-0.25, -0.2) is 0 Å². The molecule has 0 fully saturated rings. The standard InChI is InChI=1S/C14H18BrNO/c1-9(2)7-16-8-13-10(3)11-5-4-6-12(15)14(11)17-13/h4-6,9,16H,7-8H2,1-3H3. The fourth-order valence-electron chi connectivity index (χ4n) is 1.90. The van der Waals surface area contributed by atoms with Crippen LogP contribution in [0.2, 0.25) is 0 Å². The number of halogens is 1. The lowest BCUT2D eigenvalue weighted by Crippen LogP contribution is -2.18. The van der Waals surface area contributed by atoms with Crippen molar-refractivity contribution in [1.29, 1.82) is 0 Å². The molecule has 0 radical (unpaired) electrons. The third-order valence-electron chi connectivity index (χ3n) is 2.85. The zero-order chi connectivity index (χ0) is 12.4. The molecule has 1 aromatic heterocycles. The first-order valence-electron chi connectivity index (χ1n) is 5.96. The van der Waals surface area contributed by atoms with Crippen LogP contribution < -0.4 is 5.32 Å². The van der Waals surface area contributed by atoms with Crippen LogP contribution in [0, 0.1) is 12.8 Å². The van der Waals surface area contributed by atoms with E-state index in [1.54, 1.807) is 0 Å². The summed E-state index contributed by atoms with van der Waals surface area (Å²) in [4.78, 5) is 0. The summed E-state index contributed by atoms with van der Waals surface area (Å²) in [5.74, 6) is 1.69. The molecule has 1 aromatic carbocycles. The summed E-state index contributed by atoms with van der Waals surface area (Å²) in [5.41, 5.74) is 2.18. The summed E-state index contributed by atoms with van der Waals surface area (Å²) in [6.45, 7) is 8.33. The maximum Gasteiger partial charge on any atom is 0.148 e. The van der Waals surface area contributed by atoms with Crippen LogP contribution in [0.15, 0.2) is 27.1 Å².